The quantitative estimate of drug-likeness (QED) is 0.545. The largest absolute Gasteiger partial charge is 0.365 e. The molecule has 0 saturated heterocycles. The molecule has 0 aromatic carbocycles. The molecule has 1 aromatic rings. The van der Waals surface area contributed by atoms with Crippen molar-refractivity contribution >= 4 is 12.2 Å². The van der Waals surface area contributed by atoms with Gasteiger partial charge in [-0.2, -0.15) is 0 Å². The van der Waals surface area contributed by atoms with E-state index in [0.29, 0.717) is 0 Å². The smallest absolute Gasteiger partial charge is 0.0437 e. The van der Waals surface area contributed by atoms with Crippen LogP contribution in [0.25, 0.3) is 0 Å². The lowest BCUT2D eigenvalue weighted by Gasteiger charge is -1.93. The van der Waals surface area contributed by atoms with Crippen molar-refractivity contribution in [3.05, 3.63) is 28.0 Å². The lowest BCUT2D eigenvalue weighted by atomic mass is 10.3. The Morgan fingerprint density at radius 3 is 2.56 bits per heavy atom. The number of rotatable bonds is 0. The van der Waals surface area contributed by atoms with Crippen LogP contribution in [-0.4, -0.2) is 4.98 Å². The summed E-state index contributed by atoms with van der Waals surface area (Å²) < 4.78 is 0.936. The van der Waals surface area contributed by atoms with Gasteiger partial charge in [-0.15, -0.1) is 0 Å². The molecule has 0 spiro atoms. The molecule has 9 heavy (non-hydrogen) atoms. The van der Waals surface area contributed by atoms with E-state index < -0.39 is 0 Å². The summed E-state index contributed by atoms with van der Waals surface area (Å²) in [5, 5.41) is 0. The van der Waals surface area contributed by atoms with Crippen LogP contribution < -0.4 is 0 Å². The Labute approximate surface area is 59.7 Å². The standard InChI is InChI=1S/C7H9NS/c1-5-4-8-6(2)3-7(5)9/h3-4H,1-2H3,(H,8,9). The van der Waals surface area contributed by atoms with Gasteiger partial charge in [0.25, 0.3) is 0 Å². The van der Waals surface area contributed by atoms with Gasteiger partial charge in [0.1, 0.15) is 0 Å². The Hall–Kier alpha value is -0.630. The van der Waals surface area contributed by atoms with Gasteiger partial charge in [-0.1, -0.05) is 12.2 Å². The number of pyridine rings is 1. The van der Waals surface area contributed by atoms with E-state index in [1.54, 1.807) is 0 Å². The molecule has 0 bridgehead atoms. The maximum atomic E-state index is 5.02. The first-order valence-electron chi connectivity index (χ1n) is 2.86. The first-order valence-corrected chi connectivity index (χ1v) is 3.27. The molecule has 0 aliphatic rings. The first-order chi connectivity index (χ1) is 4.20. The third kappa shape index (κ3) is 1.39. The van der Waals surface area contributed by atoms with Crippen molar-refractivity contribution in [3.63, 3.8) is 0 Å². The normalized spacial score (nSPS) is 9.56. The van der Waals surface area contributed by atoms with E-state index in [-0.39, 0.29) is 0 Å². The number of hydrogen-bond donors (Lipinski definition) is 1. The molecule has 1 N–H and O–H groups in total. The number of aromatic nitrogens is 1. The summed E-state index contributed by atoms with van der Waals surface area (Å²) in [4.78, 5) is 3.07. The van der Waals surface area contributed by atoms with Gasteiger partial charge in [0.15, 0.2) is 0 Å². The Morgan fingerprint density at radius 2 is 2.11 bits per heavy atom. The Balaban J connectivity index is 3.34. The molecule has 0 atom stereocenters. The fourth-order valence-electron chi connectivity index (χ4n) is 0.645. The third-order valence-electron chi connectivity index (χ3n) is 1.25. The summed E-state index contributed by atoms with van der Waals surface area (Å²) in [6, 6.07) is 1.96. The van der Waals surface area contributed by atoms with Gasteiger partial charge < -0.3 is 4.98 Å². The molecule has 0 aliphatic heterocycles. The monoisotopic (exact) mass is 139 g/mol. The molecule has 1 heterocycles. The average Bonchev–Trinajstić information content (AvgIpc) is 1.80. The topological polar surface area (TPSA) is 15.8 Å². The SMILES string of the molecule is Cc1cc(=S)c(C)c[nH]1. The molecular formula is C7H9NS. The van der Waals surface area contributed by atoms with E-state index >= 15 is 0 Å². The van der Waals surface area contributed by atoms with Crippen LogP contribution in [0.4, 0.5) is 0 Å². The summed E-state index contributed by atoms with van der Waals surface area (Å²) in [6.45, 7) is 3.99. The summed E-state index contributed by atoms with van der Waals surface area (Å²) in [5.41, 5.74) is 2.25. The van der Waals surface area contributed by atoms with Crippen LogP contribution in [0.3, 0.4) is 0 Å². The van der Waals surface area contributed by atoms with E-state index in [1.807, 2.05) is 26.1 Å². The Kier molecular flexibility index (Phi) is 1.67. The Bertz CT molecular complexity index is 262. The van der Waals surface area contributed by atoms with Crippen molar-refractivity contribution in [1.82, 2.24) is 4.98 Å². The maximum absolute atomic E-state index is 5.02. The van der Waals surface area contributed by atoms with Crippen molar-refractivity contribution in [3.8, 4) is 0 Å². The highest BCUT2D eigenvalue weighted by atomic mass is 32.1. The van der Waals surface area contributed by atoms with Crippen LogP contribution in [0.5, 0.6) is 0 Å². The fourth-order valence-corrected chi connectivity index (χ4v) is 0.881. The molecular weight excluding hydrogens is 130 g/mol. The number of H-pyrrole nitrogens is 1. The van der Waals surface area contributed by atoms with Gasteiger partial charge in [-0.25, -0.2) is 0 Å². The molecule has 0 aliphatic carbocycles. The van der Waals surface area contributed by atoms with Gasteiger partial charge >= 0.3 is 0 Å². The van der Waals surface area contributed by atoms with E-state index in [9.17, 15) is 0 Å². The second-order valence-corrected chi connectivity index (χ2v) is 2.60. The zero-order chi connectivity index (χ0) is 6.85. The van der Waals surface area contributed by atoms with Crippen molar-refractivity contribution in [2.24, 2.45) is 0 Å². The molecule has 0 saturated carbocycles. The van der Waals surface area contributed by atoms with E-state index in [0.717, 1.165) is 15.8 Å². The highest BCUT2D eigenvalue weighted by Crippen LogP contribution is 1.99. The lowest BCUT2D eigenvalue weighted by molar-refractivity contribution is 1.16. The average molecular weight is 139 g/mol. The van der Waals surface area contributed by atoms with E-state index in [1.165, 1.54) is 0 Å². The predicted molar refractivity (Wildman–Crippen MR) is 41.1 cm³/mol. The number of nitrogens with one attached hydrogen (secondary N) is 1. The minimum Gasteiger partial charge on any atom is -0.365 e. The van der Waals surface area contributed by atoms with Crippen molar-refractivity contribution in [2.75, 3.05) is 0 Å². The zero-order valence-corrected chi connectivity index (χ0v) is 6.38. The molecule has 1 rings (SSSR count). The molecule has 1 aromatic heterocycles. The maximum Gasteiger partial charge on any atom is 0.0437 e. The van der Waals surface area contributed by atoms with Crippen molar-refractivity contribution in [2.45, 2.75) is 13.8 Å². The van der Waals surface area contributed by atoms with Gasteiger partial charge in [-0.05, 0) is 25.5 Å². The second-order valence-electron chi connectivity index (χ2n) is 2.16. The summed E-state index contributed by atoms with van der Waals surface area (Å²) in [5.74, 6) is 0. The van der Waals surface area contributed by atoms with Crippen LogP contribution in [0, 0.1) is 18.4 Å². The number of hydrogen-bond acceptors (Lipinski definition) is 1. The highest BCUT2D eigenvalue weighted by molar-refractivity contribution is 7.71. The molecule has 48 valence electrons. The van der Waals surface area contributed by atoms with Gasteiger partial charge in [0, 0.05) is 16.4 Å². The number of aromatic amines is 1. The molecule has 0 radical (unpaired) electrons. The van der Waals surface area contributed by atoms with Gasteiger partial charge in [-0.3, -0.25) is 0 Å². The van der Waals surface area contributed by atoms with Crippen molar-refractivity contribution < 1.29 is 0 Å². The van der Waals surface area contributed by atoms with Crippen LogP contribution >= 0.6 is 12.2 Å². The third-order valence-corrected chi connectivity index (χ3v) is 1.69. The number of aryl methyl sites for hydroxylation is 2. The zero-order valence-electron chi connectivity index (χ0n) is 5.56. The summed E-state index contributed by atoms with van der Waals surface area (Å²) in [7, 11) is 0. The molecule has 0 amide bonds. The van der Waals surface area contributed by atoms with E-state index in [2.05, 4.69) is 4.98 Å². The summed E-state index contributed by atoms with van der Waals surface area (Å²) >= 11 is 5.02. The fraction of sp³-hybridized carbons (Fsp3) is 0.286. The van der Waals surface area contributed by atoms with Crippen LogP contribution in [0.15, 0.2) is 12.3 Å². The van der Waals surface area contributed by atoms with Gasteiger partial charge in [0.05, 0.1) is 0 Å². The lowest BCUT2D eigenvalue weighted by Crippen LogP contribution is -1.81. The van der Waals surface area contributed by atoms with E-state index in [4.69, 9.17) is 12.2 Å². The first kappa shape index (κ1) is 6.49. The summed E-state index contributed by atoms with van der Waals surface area (Å²) in [6.07, 6.45) is 1.93. The van der Waals surface area contributed by atoms with Crippen LogP contribution in [-0.2, 0) is 0 Å². The molecule has 0 unspecified atom stereocenters. The molecule has 0 fully saturated rings. The van der Waals surface area contributed by atoms with Crippen LogP contribution in [0.2, 0.25) is 0 Å². The predicted octanol–water partition coefficient (Wildman–Crippen LogP) is 2.36. The Morgan fingerprint density at radius 1 is 1.44 bits per heavy atom. The molecule has 2 heteroatoms. The van der Waals surface area contributed by atoms with Crippen LogP contribution in [0.1, 0.15) is 11.3 Å². The molecule has 1 nitrogen and oxygen atoms in total. The highest BCUT2D eigenvalue weighted by Gasteiger charge is 1.85. The van der Waals surface area contributed by atoms with Crippen molar-refractivity contribution in [1.29, 1.82) is 0 Å². The van der Waals surface area contributed by atoms with Gasteiger partial charge in [0.2, 0.25) is 0 Å². The second kappa shape index (κ2) is 2.31. The minimum absolute atomic E-state index is 0.936. The minimum atomic E-state index is 0.936.